The second kappa shape index (κ2) is 5.38. The van der Waals surface area contributed by atoms with E-state index < -0.39 is 12.0 Å². The smallest absolute Gasteiger partial charge is 0.324 e. The number of nitrogens with one attached hydrogen (secondary N) is 3. The molecule has 2 heterocycles. The van der Waals surface area contributed by atoms with Crippen LogP contribution in [0.2, 0.25) is 0 Å². The lowest BCUT2D eigenvalue weighted by molar-refractivity contribution is -0.139. The van der Waals surface area contributed by atoms with Crippen LogP contribution < -0.4 is 16.4 Å². The molecule has 6 heteroatoms. The van der Waals surface area contributed by atoms with Crippen molar-refractivity contribution in [2.45, 2.75) is 12.1 Å². The van der Waals surface area contributed by atoms with Crippen molar-refractivity contribution < 1.29 is 9.90 Å². The summed E-state index contributed by atoms with van der Waals surface area (Å²) in [6.07, 6.45) is 3.53. The monoisotopic (exact) mass is 270 g/mol. The van der Waals surface area contributed by atoms with Gasteiger partial charge in [-0.05, 0) is 22.8 Å². The molecule has 102 valence electrons. The Hall–Kier alpha value is -2.28. The van der Waals surface area contributed by atoms with E-state index in [1.54, 1.807) is 12.4 Å². The molecule has 1 aromatic heterocycles. The number of aliphatic carboxylic acids is 1. The fourth-order valence-electron chi connectivity index (χ4n) is 2.26. The molecule has 1 aliphatic rings. The number of pyridine rings is 1. The molecule has 0 spiro atoms. The van der Waals surface area contributed by atoms with Crippen molar-refractivity contribution in [3.63, 3.8) is 0 Å². The summed E-state index contributed by atoms with van der Waals surface area (Å²) in [4.78, 5) is 15.2. The lowest BCUT2D eigenvalue weighted by atomic mass is 9.98. The fraction of sp³-hybridized carbons (Fsp3) is 0.143. The van der Waals surface area contributed by atoms with E-state index in [4.69, 9.17) is 5.11 Å². The SMILES string of the molecule is O=C(O)C1NNNC1c1ccc(-c2cccnc2)cc1. The predicted octanol–water partition coefficient (Wildman–Crippen LogP) is 0.855. The molecule has 3 rings (SSSR count). The highest BCUT2D eigenvalue weighted by atomic mass is 16.4. The summed E-state index contributed by atoms with van der Waals surface area (Å²) in [6, 6.07) is 10.6. The highest BCUT2D eigenvalue weighted by Gasteiger charge is 2.33. The van der Waals surface area contributed by atoms with E-state index in [0.717, 1.165) is 16.7 Å². The quantitative estimate of drug-likeness (QED) is 0.661. The third-order valence-corrected chi connectivity index (χ3v) is 3.32. The molecular formula is C14H14N4O2. The first-order valence-corrected chi connectivity index (χ1v) is 6.25. The topological polar surface area (TPSA) is 86.3 Å². The van der Waals surface area contributed by atoms with Crippen molar-refractivity contribution in [2.24, 2.45) is 0 Å². The Bertz CT molecular complexity index is 600. The molecule has 20 heavy (non-hydrogen) atoms. The Morgan fingerprint density at radius 3 is 2.55 bits per heavy atom. The molecule has 1 fully saturated rings. The number of hydrazine groups is 2. The zero-order chi connectivity index (χ0) is 13.9. The molecule has 4 N–H and O–H groups in total. The summed E-state index contributed by atoms with van der Waals surface area (Å²) in [7, 11) is 0. The van der Waals surface area contributed by atoms with Gasteiger partial charge in [-0.1, -0.05) is 30.3 Å². The van der Waals surface area contributed by atoms with E-state index >= 15 is 0 Å². The van der Waals surface area contributed by atoms with Gasteiger partial charge in [-0.3, -0.25) is 9.78 Å². The summed E-state index contributed by atoms with van der Waals surface area (Å²) in [5.74, 6) is -0.899. The van der Waals surface area contributed by atoms with Gasteiger partial charge in [0, 0.05) is 12.4 Å². The van der Waals surface area contributed by atoms with Crippen LogP contribution in [0.3, 0.4) is 0 Å². The molecule has 2 atom stereocenters. The number of hydrogen-bond acceptors (Lipinski definition) is 5. The van der Waals surface area contributed by atoms with Gasteiger partial charge in [-0.25, -0.2) is 10.9 Å². The van der Waals surface area contributed by atoms with E-state index in [-0.39, 0.29) is 6.04 Å². The van der Waals surface area contributed by atoms with Crippen LogP contribution in [0.4, 0.5) is 0 Å². The fourth-order valence-corrected chi connectivity index (χ4v) is 2.26. The molecule has 2 aromatic rings. The zero-order valence-corrected chi connectivity index (χ0v) is 10.6. The molecule has 1 aromatic carbocycles. The zero-order valence-electron chi connectivity index (χ0n) is 10.6. The molecule has 0 aliphatic carbocycles. The highest BCUT2D eigenvalue weighted by molar-refractivity contribution is 5.75. The van der Waals surface area contributed by atoms with Crippen LogP contribution in [-0.2, 0) is 4.79 Å². The molecule has 0 bridgehead atoms. The van der Waals surface area contributed by atoms with Gasteiger partial charge in [0.1, 0.15) is 6.04 Å². The van der Waals surface area contributed by atoms with Gasteiger partial charge >= 0.3 is 5.97 Å². The normalized spacial score (nSPS) is 21.8. The van der Waals surface area contributed by atoms with Crippen LogP contribution in [0.5, 0.6) is 0 Å². The Balaban J connectivity index is 1.85. The Labute approximate surface area is 115 Å². The number of benzene rings is 1. The summed E-state index contributed by atoms with van der Waals surface area (Å²) in [5.41, 5.74) is 11.2. The lowest BCUT2D eigenvalue weighted by Gasteiger charge is -2.14. The molecule has 2 unspecified atom stereocenters. The minimum Gasteiger partial charge on any atom is -0.480 e. The Kier molecular flexibility index (Phi) is 3.42. The van der Waals surface area contributed by atoms with Crippen LogP contribution in [0.15, 0.2) is 48.8 Å². The van der Waals surface area contributed by atoms with Gasteiger partial charge in [0.25, 0.3) is 0 Å². The number of carboxylic acids is 1. The Morgan fingerprint density at radius 1 is 1.10 bits per heavy atom. The van der Waals surface area contributed by atoms with Crippen molar-refractivity contribution in [1.29, 1.82) is 0 Å². The first-order chi connectivity index (χ1) is 9.75. The second-order valence-corrected chi connectivity index (χ2v) is 4.57. The van der Waals surface area contributed by atoms with E-state index in [1.807, 2.05) is 36.4 Å². The van der Waals surface area contributed by atoms with Gasteiger partial charge < -0.3 is 5.11 Å². The standard InChI is InChI=1S/C14H14N4O2/c19-14(20)13-12(16-18-17-13)10-5-3-9(4-6-10)11-2-1-7-15-8-11/h1-8,12-13,16-18H,(H,19,20). The van der Waals surface area contributed by atoms with Crippen molar-refractivity contribution in [1.82, 2.24) is 21.4 Å². The average Bonchev–Trinajstić information content (AvgIpc) is 2.98. The summed E-state index contributed by atoms with van der Waals surface area (Å²) in [5, 5.41) is 9.13. The molecule has 1 aliphatic heterocycles. The number of carboxylic acid groups (broad SMARTS) is 1. The third kappa shape index (κ3) is 2.39. The van der Waals surface area contributed by atoms with E-state index in [2.05, 4.69) is 21.4 Å². The molecular weight excluding hydrogens is 256 g/mol. The van der Waals surface area contributed by atoms with Crippen LogP contribution in [0.25, 0.3) is 11.1 Å². The van der Waals surface area contributed by atoms with Crippen LogP contribution in [0, 0.1) is 0 Å². The van der Waals surface area contributed by atoms with Gasteiger partial charge in [-0.15, -0.1) is 0 Å². The van der Waals surface area contributed by atoms with Gasteiger partial charge in [-0.2, -0.15) is 5.53 Å². The van der Waals surface area contributed by atoms with Crippen LogP contribution >= 0.6 is 0 Å². The molecule has 1 saturated heterocycles. The number of rotatable bonds is 3. The minimum atomic E-state index is -0.899. The van der Waals surface area contributed by atoms with Crippen LogP contribution in [0.1, 0.15) is 11.6 Å². The summed E-state index contributed by atoms with van der Waals surface area (Å²) >= 11 is 0. The van der Waals surface area contributed by atoms with Gasteiger partial charge in [0.2, 0.25) is 0 Å². The predicted molar refractivity (Wildman–Crippen MR) is 73.2 cm³/mol. The maximum absolute atomic E-state index is 11.1. The number of hydrogen-bond donors (Lipinski definition) is 4. The molecule has 0 saturated carbocycles. The first-order valence-electron chi connectivity index (χ1n) is 6.25. The Morgan fingerprint density at radius 2 is 1.90 bits per heavy atom. The van der Waals surface area contributed by atoms with Crippen molar-refractivity contribution in [3.05, 3.63) is 54.4 Å². The van der Waals surface area contributed by atoms with Crippen molar-refractivity contribution >= 4 is 5.97 Å². The largest absolute Gasteiger partial charge is 0.480 e. The first kappa shape index (κ1) is 12.7. The molecule has 6 nitrogen and oxygen atoms in total. The van der Waals surface area contributed by atoms with Gasteiger partial charge in [0.15, 0.2) is 0 Å². The maximum Gasteiger partial charge on any atom is 0.324 e. The van der Waals surface area contributed by atoms with E-state index in [1.165, 1.54) is 0 Å². The average molecular weight is 270 g/mol. The lowest BCUT2D eigenvalue weighted by Crippen LogP contribution is -2.38. The number of nitrogens with zero attached hydrogens (tertiary/aromatic N) is 1. The van der Waals surface area contributed by atoms with E-state index in [0.29, 0.717) is 0 Å². The maximum atomic E-state index is 11.1. The second-order valence-electron chi connectivity index (χ2n) is 4.57. The van der Waals surface area contributed by atoms with Crippen LogP contribution in [-0.4, -0.2) is 22.1 Å². The molecule has 0 amide bonds. The summed E-state index contributed by atoms with van der Waals surface area (Å²) in [6.45, 7) is 0. The third-order valence-electron chi connectivity index (χ3n) is 3.32. The minimum absolute atomic E-state index is 0.310. The van der Waals surface area contributed by atoms with Gasteiger partial charge in [0.05, 0.1) is 6.04 Å². The number of aromatic nitrogens is 1. The summed E-state index contributed by atoms with van der Waals surface area (Å²) < 4.78 is 0. The van der Waals surface area contributed by atoms with E-state index in [9.17, 15) is 4.79 Å². The highest BCUT2D eigenvalue weighted by Crippen LogP contribution is 2.23. The number of carbonyl (C=O) groups is 1. The van der Waals surface area contributed by atoms with Crippen molar-refractivity contribution in [2.75, 3.05) is 0 Å². The van der Waals surface area contributed by atoms with Crippen molar-refractivity contribution in [3.8, 4) is 11.1 Å². The molecule has 0 radical (unpaired) electrons.